The average Bonchev–Trinajstić information content (AvgIpc) is 3.00. The van der Waals surface area contributed by atoms with Gasteiger partial charge in [-0.2, -0.15) is 0 Å². The van der Waals surface area contributed by atoms with Crippen molar-refractivity contribution >= 4 is 17.4 Å². The molecule has 0 spiro atoms. The van der Waals surface area contributed by atoms with Crippen molar-refractivity contribution in [3.05, 3.63) is 17.0 Å². The lowest BCUT2D eigenvalue weighted by Crippen LogP contribution is -2.17. The van der Waals surface area contributed by atoms with Gasteiger partial charge in [0.05, 0.1) is 0 Å². The van der Waals surface area contributed by atoms with Crippen LogP contribution in [0.4, 0.5) is 5.82 Å². The largest absolute Gasteiger partial charge is 0.377 e. The van der Waals surface area contributed by atoms with Crippen LogP contribution < -0.4 is 5.32 Å². The average molecular weight is 256 g/mol. The predicted molar refractivity (Wildman–Crippen MR) is 68.2 cm³/mol. The second kappa shape index (κ2) is 5.65. The second-order valence-corrected chi connectivity index (χ2v) is 5.04. The number of aromatic nitrogens is 2. The first-order chi connectivity index (χ1) is 8.17. The van der Waals surface area contributed by atoms with Crippen molar-refractivity contribution in [2.75, 3.05) is 12.4 Å². The van der Waals surface area contributed by atoms with Gasteiger partial charge >= 0.3 is 0 Å². The minimum atomic E-state index is 0.381. The van der Waals surface area contributed by atoms with Crippen molar-refractivity contribution in [2.24, 2.45) is 5.92 Å². The van der Waals surface area contributed by atoms with Gasteiger partial charge in [0.1, 0.15) is 17.6 Å². The van der Waals surface area contributed by atoms with Gasteiger partial charge in [-0.15, -0.1) is 0 Å². The lowest BCUT2D eigenvalue weighted by atomic mass is 10.1. The molecule has 0 saturated heterocycles. The number of halogens is 1. The standard InChI is InChI=1S/C12H18ClN3O/c1-8(5-9-3-4-9)14-11-6-10(13)15-12(16-11)7-17-2/h6,8-9H,3-5,7H2,1-2H3,(H,14,15,16). The number of ether oxygens (including phenoxy) is 1. The van der Waals surface area contributed by atoms with E-state index >= 15 is 0 Å². The van der Waals surface area contributed by atoms with Crippen molar-refractivity contribution in [1.82, 2.24) is 9.97 Å². The van der Waals surface area contributed by atoms with Crippen LogP contribution in [-0.2, 0) is 11.3 Å². The lowest BCUT2D eigenvalue weighted by molar-refractivity contribution is 0.178. The van der Waals surface area contributed by atoms with Crippen molar-refractivity contribution in [3.63, 3.8) is 0 Å². The van der Waals surface area contributed by atoms with Crippen LogP contribution in [0.15, 0.2) is 6.07 Å². The van der Waals surface area contributed by atoms with Crippen molar-refractivity contribution in [1.29, 1.82) is 0 Å². The smallest absolute Gasteiger partial charge is 0.158 e. The summed E-state index contributed by atoms with van der Waals surface area (Å²) in [5, 5.41) is 3.81. The molecule has 1 aliphatic rings. The van der Waals surface area contributed by atoms with Crippen LogP contribution in [0.3, 0.4) is 0 Å². The molecule has 1 fully saturated rings. The first-order valence-electron chi connectivity index (χ1n) is 5.96. The Balaban J connectivity index is 1.97. The summed E-state index contributed by atoms with van der Waals surface area (Å²) >= 11 is 5.94. The van der Waals surface area contributed by atoms with Gasteiger partial charge in [0.2, 0.25) is 0 Å². The molecule has 0 aromatic carbocycles. The molecule has 0 amide bonds. The Morgan fingerprint density at radius 2 is 2.29 bits per heavy atom. The number of methoxy groups -OCH3 is 1. The number of nitrogens with one attached hydrogen (secondary N) is 1. The minimum Gasteiger partial charge on any atom is -0.377 e. The Hall–Kier alpha value is -0.870. The second-order valence-electron chi connectivity index (χ2n) is 4.65. The molecule has 5 heteroatoms. The molecule has 1 aromatic heterocycles. The molecule has 2 rings (SSSR count). The fourth-order valence-corrected chi connectivity index (χ4v) is 2.10. The van der Waals surface area contributed by atoms with Crippen molar-refractivity contribution in [2.45, 2.75) is 38.8 Å². The highest BCUT2D eigenvalue weighted by atomic mass is 35.5. The molecule has 1 heterocycles. The third kappa shape index (κ3) is 4.13. The van der Waals surface area contributed by atoms with Gasteiger partial charge in [0, 0.05) is 19.2 Å². The molecule has 1 unspecified atom stereocenters. The molecule has 1 N–H and O–H groups in total. The molecule has 0 aliphatic heterocycles. The third-order valence-electron chi connectivity index (χ3n) is 2.79. The Morgan fingerprint density at radius 1 is 1.53 bits per heavy atom. The van der Waals surface area contributed by atoms with Crippen LogP contribution in [0.1, 0.15) is 32.0 Å². The zero-order valence-electron chi connectivity index (χ0n) is 10.2. The Bertz CT molecular complexity index is 382. The fourth-order valence-electron chi connectivity index (χ4n) is 1.90. The molecule has 0 radical (unpaired) electrons. The summed E-state index contributed by atoms with van der Waals surface area (Å²) in [6, 6.07) is 2.17. The maximum atomic E-state index is 5.94. The van der Waals surface area contributed by atoms with Crippen molar-refractivity contribution in [3.8, 4) is 0 Å². The summed E-state index contributed by atoms with van der Waals surface area (Å²) in [7, 11) is 1.62. The summed E-state index contributed by atoms with van der Waals surface area (Å²) in [4.78, 5) is 8.45. The molecule has 1 saturated carbocycles. The highest BCUT2D eigenvalue weighted by Crippen LogP contribution is 2.34. The maximum absolute atomic E-state index is 5.94. The Labute approximate surface area is 107 Å². The zero-order chi connectivity index (χ0) is 12.3. The van der Waals surface area contributed by atoms with Gasteiger partial charge < -0.3 is 10.1 Å². The predicted octanol–water partition coefficient (Wildman–Crippen LogP) is 2.88. The van der Waals surface area contributed by atoms with Crippen LogP contribution >= 0.6 is 11.6 Å². The van der Waals surface area contributed by atoms with Crippen molar-refractivity contribution < 1.29 is 4.74 Å². The third-order valence-corrected chi connectivity index (χ3v) is 2.99. The summed E-state index contributed by atoms with van der Waals surface area (Å²) < 4.78 is 5.01. The van der Waals surface area contributed by atoms with Gasteiger partial charge in [-0.1, -0.05) is 24.4 Å². The van der Waals surface area contributed by atoms with Crippen LogP contribution in [0.25, 0.3) is 0 Å². The van der Waals surface area contributed by atoms with Crippen LogP contribution in [0, 0.1) is 5.92 Å². The van der Waals surface area contributed by atoms with E-state index < -0.39 is 0 Å². The van der Waals surface area contributed by atoms with E-state index in [1.54, 1.807) is 13.2 Å². The number of hydrogen-bond acceptors (Lipinski definition) is 4. The van der Waals surface area contributed by atoms with Gasteiger partial charge in [-0.25, -0.2) is 9.97 Å². The summed E-state index contributed by atoms with van der Waals surface area (Å²) in [6.07, 6.45) is 3.93. The van der Waals surface area contributed by atoms with E-state index in [-0.39, 0.29) is 0 Å². The van der Waals surface area contributed by atoms with Gasteiger partial charge in [-0.3, -0.25) is 0 Å². The quantitative estimate of drug-likeness (QED) is 0.794. The topological polar surface area (TPSA) is 47.0 Å². The number of anilines is 1. The maximum Gasteiger partial charge on any atom is 0.158 e. The monoisotopic (exact) mass is 255 g/mol. The highest BCUT2D eigenvalue weighted by molar-refractivity contribution is 6.29. The Morgan fingerprint density at radius 3 is 2.94 bits per heavy atom. The van der Waals surface area contributed by atoms with Gasteiger partial charge in [0.25, 0.3) is 0 Å². The van der Waals surface area contributed by atoms with E-state index in [1.807, 2.05) is 0 Å². The fraction of sp³-hybridized carbons (Fsp3) is 0.667. The minimum absolute atomic E-state index is 0.381. The molecule has 0 bridgehead atoms. The SMILES string of the molecule is COCc1nc(Cl)cc(NC(C)CC2CC2)n1. The van der Waals surface area contributed by atoms with E-state index in [1.165, 1.54) is 19.3 Å². The first-order valence-corrected chi connectivity index (χ1v) is 6.34. The van der Waals surface area contributed by atoms with E-state index in [4.69, 9.17) is 16.3 Å². The van der Waals surface area contributed by atoms with E-state index in [2.05, 4.69) is 22.2 Å². The molecule has 1 atom stereocenters. The molecular weight excluding hydrogens is 238 g/mol. The van der Waals surface area contributed by atoms with Crippen LogP contribution in [-0.4, -0.2) is 23.1 Å². The van der Waals surface area contributed by atoms with E-state index in [0.717, 1.165) is 11.7 Å². The normalized spacial score (nSPS) is 16.9. The summed E-state index contributed by atoms with van der Waals surface area (Å²) in [6.45, 7) is 2.55. The molecule has 1 aromatic rings. The molecule has 17 heavy (non-hydrogen) atoms. The molecule has 94 valence electrons. The Kier molecular flexibility index (Phi) is 4.18. The van der Waals surface area contributed by atoms with E-state index in [9.17, 15) is 0 Å². The lowest BCUT2D eigenvalue weighted by Gasteiger charge is -2.14. The molecule has 4 nitrogen and oxygen atoms in total. The highest BCUT2D eigenvalue weighted by Gasteiger charge is 2.23. The number of nitrogens with zero attached hydrogens (tertiary/aromatic N) is 2. The number of hydrogen-bond donors (Lipinski definition) is 1. The molecular formula is C12H18ClN3O. The first kappa shape index (κ1) is 12.6. The molecule has 1 aliphatic carbocycles. The van der Waals surface area contributed by atoms with Crippen LogP contribution in [0.2, 0.25) is 5.15 Å². The summed E-state index contributed by atoms with van der Waals surface area (Å²) in [5.74, 6) is 2.29. The van der Waals surface area contributed by atoms with Crippen LogP contribution in [0.5, 0.6) is 0 Å². The number of rotatable bonds is 6. The zero-order valence-corrected chi connectivity index (χ0v) is 11.0. The van der Waals surface area contributed by atoms with Gasteiger partial charge in [-0.05, 0) is 19.3 Å². The van der Waals surface area contributed by atoms with Gasteiger partial charge in [0.15, 0.2) is 5.82 Å². The van der Waals surface area contributed by atoms with E-state index in [0.29, 0.717) is 23.6 Å². The summed E-state index contributed by atoms with van der Waals surface area (Å²) in [5.41, 5.74) is 0.